The highest BCUT2D eigenvalue weighted by atomic mass is 79.9. The van der Waals surface area contributed by atoms with Crippen molar-refractivity contribution in [2.75, 3.05) is 0 Å². The molecule has 0 aliphatic carbocycles. The highest BCUT2D eigenvalue weighted by molar-refractivity contribution is 9.10. The molecule has 3 aromatic rings. The van der Waals surface area contributed by atoms with Crippen LogP contribution in [0.4, 0.5) is 0 Å². The molecule has 100 valence electrons. The molecule has 4 heteroatoms. The van der Waals surface area contributed by atoms with Crippen LogP contribution >= 0.6 is 27.5 Å². The monoisotopic (exact) mass is 348 g/mol. The Morgan fingerprint density at radius 3 is 2.80 bits per heavy atom. The number of carbonyl (C=O) groups excluding carboxylic acids is 1. The maximum absolute atomic E-state index is 12.5. The molecule has 0 aliphatic rings. The van der Waals surface area contributed by atoms with Gasteiger partial charge in [-0.15, -0.1) is 0 Å². The molecular formula is C16H10BrClO2. The van der Waals surface area contributed by atoms with Crippen LogP contribution in [-0.4, -0.2) is 5.78 Å². The van der Waals surface area contributed by atoms with Gasteiger partial charge in [-0.05, 0) is 53.2 Å². The molecule has 0 saturated heterocycles. The lowest BCUT2D eigenvalue weighted by atomic mass is 10.1. The smallest absolute Gasteiger partial charge is 0.229 e. The average Bonchev–Trinajstić information content (AvgIpc) is 2.84. The third kappa shape index (κ3) is 2.28. The molecule has 2 nitrogen and oxygen atoms in total. The first-order chi connectivity index (χ1) is 9.56. The number of halogens is 2. The van der Waals surface area contributed by atoms with Crippen molar-refractivity contribution in [3.05, 3.63) is 68.8 Å². The van der Waals surface area contributed by atoms with Gasteiger partial charge in [0, 0.05) is 15.4 Å². The van der Waals surface area contributed by atoms with Gasteiger partial charge < -0.3 is 4.42 Å². The first kappa shape index (κ1) is 13.4. The van der Waals surface area contributed by atoms with E-state index in [1.54, 1.807) is 24.3 Å². The summed E-state index contributed by atoms with van der Waals surface area (Å²) in [5, 5.41) is 1.31. The zero-order valence-electron chi connectivity index (χ0n) is 10.6. The van der Waals surface area contributed by atoms with Crippen LogP contribution in [-0.2, 0) is 0 Å². The maximum atomic E-state index is 12.5. The van der Waals surface area contributed by atoms with E-state index in [0.717, 1.165) is 10.9 Å². The molecule has 0 fully saturated rings. The lowest BCUT2D eigenvalue weighted by Crippen LogP contribution is -2.00. The summed E-state index contributed by atoms with van der Waals surface area (Å²) < 4.78 is 6.30. The summed E-state index contributed by atoms with van der Waals surface area (Å²) in [6.07, 6.45) is 0. The molecule has 0 N–H and O–H groups in total. The number of hydrogen-bond acceptors (Lipinski definition) is 2. The zero-order valence-corrected chi connectivity index (χ0v) is 13.0. The molecular weight excluding hydrogens is 340 g/mol. The van der Waals surface area contributed by atoms with Crippen molar-refractivity contribution in [2.45, 2.75) is 6.92 Å². The minimum absolute atomic E-state index is 0.217. The number of fused-ring (bicyclic) bond motifs is 1. The highest BCUT2D eigenvalue weighted by Gasteiger charge is 2.18. The van der Waals surface area contributed by atoms with Crippen LogP contribution in [0.25, 0.3) is 11.0 Å². The van der Waals surface area contributed by atoms with Gasteiger partial charge in [0.15, 0.2) is 5.76 Å². The van der Waals surface area contributed by atoms with Gasteiger partial charge in [-0.1, -0.05) is 29.3 Å². The van der Waals surface area contributed by atoms with Crippen molar-refractivity contribution in [1.82, 2.24) is 0 Å². The molecule has 0 unspecified atom stereocenters. The van der Waals surface area contributed by atoms with Crippen molar-refractivity contribution in [1.29, 1.82) is 0 Å². The normalized spacial score (nSPS) is 10.9. The van der Waals surface area contributed by atoms with Crippen LogP contribution in [0.1, 0.15) is 21.7 Å². The molecule has 0 radical (unpaired) electrons. The summed E-state index contributed by atoms with van der Waals surface area (Å²) in [4.78, 5) is 12.5. The minimum atomic E-state index is -0.217. The first-order valence-electron chi connectivity index (χ1n) is 6.05. The molecule has 0 bridgehead atoms. The molecule has 20 heavy (non-hydrogen) atoms. The van der Waals surface area contributed by atoms with Crippen molar-refractivity contribution < 1.29 is 9.21 Å². The van der Waals surface area contributed by atoms with Crippen molar-refractivity contribution in [2.24, 2.45) is 0 Å². The Hall–Kier alpha value is -1.58. The van der Waals surface area contributed by atoms with E-state index >= 15 is 0 Å². The number of aryl methyl sites for hydroxylation is 1. The summed E-state index contributed by atoms with van der Waals surface area (Å²) in [6.45, 7) is 2.00. The Bertz CT molecular complexity index is 820. The largest absolute Gasteiger partial charge is 0.453 e. The van der Waals surface area contributed by atoms with Gasteiger partial charge >= 0.3 is 0 Å². The number of furan rings is 1. The number of ketones is 1. The van der Waals surface area contributed by atoms with Gasteiger partial charge in [0.1, 0.15) is 5.58 Å². The van der Waals surface area contributed by atoms with Gasteiger partial charge in [-0.25, -0.2) is 0 Å². The van der Waals surface area contributed by atoms with E-state index < -0.39 is 0 Å². The molecule has 0 aliphatic heterocycles. The summed E-state index contributed by atoms with van der Waals surface area (Å²) in [5.41, 5.74) is 2.25. The second-order valence-electron chi connectivity index (χ2n) is 4.58. The standard InChI is InChI=1S/C16H10BrClO2/c1-9-5-6-13-10(7-9)8-14(20-13)16(19)11-3-2-4-12(17)15(11)18/h2-8H,1H3. The summed E-state index contributed by atoms with van der Waals surface area (Å²) in [5.74, 6) is 0.0794. The fraction of sp³-hybridized carbons (Fsp3) is 0.0625. The first-order valence-corrected chi connectivity index (χ1v) is 7.22. The number of rotatable bonds is 2. The molecule has 3 rings (SSSR count). The summed E-state index contributed by atoms with van der Waals surface area (Å²) >= 11 is 9.47. The molecule has 1 aromatic heterocycles. The Kier molecular flexibility index (Phi) is 3.40. The predicted octanol–water partition coefficient (Wildman–Crippen LogP) is 5.39. The number of hydrogen-bond donors (Lipinski definition) is 0. The van der Waals surface area contributed by atoms with Crippen LogP contribution in [0.5, 0.6) is 0 Å². The Balaban J connectivity index is 2.10. The van der Waals surface area contributed by atoms with Crippen molar-refractivity contribution in [3.8, 4) is 0 Å². The van der Waals surface area contributed by atoms with Gasteiger partial charge in [-0.2, -0.15) is 0 Å². The second kappa shape index (κ2) is 5.08. The summed E-state index contributed by atoms with van der Waals surface area (Å²) in [7, 11) is 0. The Morgan fingerprint density at radius 1 is 1.20 bits per heavy atom. The van der Waals surface area contributed by atoms with E-state index in [9.17, 15) is 4.79 Å². The zero-order chi connectivity index (χ0) is 14.3. The third-order valence-corrected chi connectivity index (χ3v) is 4.39. The van der Waals surface area contributed by atoms with E-state index in [1.807, 2.05) is 25.1 Å². The molecule has 0 atom stereocenters. The second-order valence-corrected chi connectivity index (χ2v) is 5.81. The van der Waals surface area contributed by atoms with Crippen LogP contribution in [0.3, 0.4) is 0 Å². The van der Waals surface area contributed by atoms with Crippen LogP contribution in [0.15, 0.2) is 51.4 Å². The van der Waals surface area contributed by atoms with E-state index in [0.29, 0.717) is 26.4 Å². The Morgan fingerprint density at radius 2 is 2.00 bits per heavy atom. The quantitative estimate of drug-likeness (QED) is 0.581. The van der Waals surface area contributed by atoms with E-state index in [2.05, 4.69) is 15.9 Å². The van der Waals surface area contributed by atoms with Gasteiger partial charge in [0.2, 0.25) is 5.78 Å². The van der Waals surface area contributed by atoms with Crippen molar-refractivity contribution >= 4 is 44.3 Å². The molecule has 0 spiro atoms. The van der Waals surface area contributed by atoms with Gasteiger partial charge in [0.05, 0.1) is 5.02 Å². The van der Waals surface area contributed by atoms with E-state index in [1.165, 1.54) is 0 Å². The fourth-order valence-electron chi connectivity index (χ4n) is 2.09. The highest BCUT2D eigenvalue weighted by Crippen LogP contribution is 2.29. The molecule has 1 heterocycles. The van der Waals surface area contributed by atoms with E-state index in [4.69, 9.17) is 16.0 Å². The van der Waals surface area contributed by atoms with Crippen LogP contribution in [0, 0.1) is 6.92 Å². The van der Waals surface area contributed by atoms with E-state index in [-0.39, 0.29) is 5.78 Å². The van der Waals surface area contributed by atoms with Gasteiger partial charge in [-0.3, -0.25) is 4.79 Å². The topological polar surface area (TPSA) is 30.2 Å². The third-order valence-electron chi connectivity index (χ3n) is 3.09. The lowest BCUT2D eigenvalue weighted by molar-refractivity contribution is 0.101. The van der Waals surface area contributed by atoms with Crippen LogP contribution < -0.4 is 0 Å². The minimum Gasteiger partial charge on any atom is -0.453 e. The Labute approximate surface area is 129 Å². The number of benzene rings is 2. The van der Waals surface area contributed by atoms with Crippen molar-refractivity contribution in [3.63, 3.8) is 0 Å². The maximum Gasteiger partial charge on any atom is 0.229 e. The predicted molar refractivity (Wildman–Crippen MR) is 83.5 cm³/mol. The molecule has 2 aromatic carbocycles. The van der Waals surface area contributed by atoms with Crippen LogP contribution in [0.2, 0.25) is 5.02 Å². The number of carbonyl (C=O) groups is 1. The SMILES string of the molecule is Cc1ccc2oc(C(=O)c3cccc(Br)c3Cl)cc2c1. The summed E-state index contributed by atoms with van der Waals surface area (Å²) in [6, 6.07) is 12.8. The lowest BCUT2D eigenvalue weighted by Gasteiger charge is -2.02. The fourth-order valence-corrected chi connectivity index (χ4v) is 2.66. The molecule has 0 amide bonds. The van der Waals surface area contributed by atoms with Gasteiger partial charge in [0.25, 0.3) is 0 Å². The average molecular weight is 350 g/mol. The molecule has 0 saturated carbocycles.